The van der Waals surface area contributed by atoms with Gasteiger partial charge in [0.2, 0.25) is 11.7 Å². The first-order valence-corrected chi connectivity index (χ1v) is 25.9. The maximum atomic E-state index is 13.5. The van der Waals surface area contributed by atoms with Gasteiger partial charge in [0.05, 0.1) is 28.8 Å². The number of carbonyl (C=O) groups excluding carboxylic acids is 9. The number of nitrogens with zero attached hydrogens (tertiary/aromatic N) is 10. The number of carbonyl (C=O) groups is 9. The van der Waals surface area contributed by atoms with Crippen LogP contribution in [0.5, 0.6) is 11.5 Å². The maximum absolute atomic E-state index is 13.5. The number of nitrogens with two attached hydrogens (primary N) is 1. The normalized spacial score (nSPS) is 11.4. The molecular weight excluding hydrogens is 1110 g/mol. The number of imidazole rings is 2. The molecule has 0 aromatic carbocycles. The topological polar surface area (TPSA) is 414 Å². The van der Waals surface area contributed by atoms with E-state index in [-0.39, 0.29) is 112 Å². The SMILES string of the molecule is Cn1cc(NC(=O)c2cc(NC(=O)c3c(O)c(NC(=O)c4nc(NC(=O)C(N)CCNC(=O)c5cc(NC(=O)c6cc(NC(=O)c7c(O)c(NC(=O)c8nccn8C)cn7C)cn6C)cn5C)cn4C)cn3C)cn2C)cc1C(=O)NCCCO. The van der Waals surface area contributed by atoms with E-state index in [2.05, 4.69) is 57.8 Å². The van der Waals surface area contributed by atoms with Gasteiger partial charge in [-0.25, -0.2) is 9.97 Å². The van der Waals surface area contributed by atoms with Gasteiger partial charge in [0.25, 0.3) is 47.3 Å². The van der Waals surface area contributed by atoms with E-state index >= 15 is 0 Å². The molecule has 446 valence electrons. The second-order valence-corrected chi connectivity index (χ2v) is 19.7. The molecule has 0 saturated heterocycles. The third kappa shape index (κ3) is 13.3. The Kier molecular flexibility index (Phi) is 17.6. The van der Waals surface area contributed by atoms with Crippen LogP contribution in [0.4, 0.5) is 39.9 Å². The quantitative estimate of drug-likeness (QED) is 0.0426. The Labute approximate surface area is 482 Å². The molecule has 0 fully saturated rings. The molecule has 8 heterocycles. The number of aromatic hydroxyl groups is 2. The molecular formula is C53H62N20O12. The molecule has 32 nitrogen and oxygen atoms in total. The molecule has 14 N–H and O–H groups in total. The summed E-state index contributed by atoms with van der Waals surface area (Å²) >= 11 is 0. The Bertz CT molecular complexity index is 3950. The van der Waals surface area contributed by atoms with Gasteiger partial charge in [-0.3, -0.25) is 43.2 Å². The molecule has 9 amide bonds. The van der Waals surface area contributed by atoms with E-state index in [0.717, 1.165) is 0 Å². The van der Waals surface area contributed by atoms with E-state index in [9.17, 15) is 53.4 Å². The van der Waals surface area contributed by atoms with E-state index in [0.29, 0.717) is 12.1 Å². The summed E-state index contributed by atoms with van der Waals surface area (Å²) in [6, 6.07) is 4.59. The van der Waals surface area contributed by atoms with Crippen LogP contribution >= 0.6 is 0 Å². The summed E-state index contributed by atoms with van der Waals surface area (Å²) in [7, 11) is 12.5. The molecule has 0 aliphatic carbocycles. The van der Waals surface area contributed by atoms with Crippen molar-refractivity contribution in [3.63, 3.8) is 0 Å². The maximum Gasteiger partial charge on any atom is 0.291 e. The molecule has 0 bridgehead atoms. The average Bonchev–Trinajstić information content (AvgIpc) is 4.07. The highest BCUT2D eigenvalue weighted by Gasteiger charge is 2.28. The van der Waals surface area contributed by atoms with Gasteiger partial charge in [0.1, 0.15) is 34.2 Å². The van der Waals surface area contributed by atoms with E-state index in [1.807, 2.05) is 0 Å². The summed E-state index contributed by atoms with van der Waals surface area (Å²) in [6.45, 7) is 0.148. The van der Waals surface area contributed by atoms with Crippen molar-refractivity contribution in [2.75, 3.05) is 56.9 Å². The van der Waals surface area contributed by atoms with Crippen LogP contribution in [0.15, 0.2) is 80.0 Å². The number of nitrogens with one attached hydrogen (secondary N) is 9. The van der Waals surface area contributed by atoms with Gasteiger partial charge in [-0.15, -0.1) is 0 Å². The molecule has 0 radical (unpaired) electrons. The van der Waals surface area contributed by atoms with E-state index in [1.165, 1.54) is 125 Å². The Morgan fingerprint density at radius 3 is 1.31 bits per heavy atom. The molecule has 0 spiro atoms. The number of rotatable bonds is 22. The highest BCUT2D eigenvalue weighted by atomic mass is 16.3. The average molecular weight is 1170 g/mol. The minimum absolute atomic E-state index is 0.0199. The van der Waals surface area contributed by atoms with Crippen LogP contribution in [0, 0.1) is 0 Å². The van der Waals surface area contributed by atoms with Crippen molar-refractivity contribution in [2.45, 2.75) is 18.9 Å². The van der Waals surface area contributed by atoms with Crippen LogP contribution in [0.1, 0.15) is 97.0 Å². The van der Waals surface area contributed by atoms with Gasteiger partial charge >= 0.3 is 0 Å². The van der Waals surface area contributed by atoms with E-state index in [4.69, 9.17) is 10.8 Å². The molecule has 1 unspecified atom stereocenters. The smallest absolute Gasteiger partial charge is 0.291 e. The molecule has 0 aliphatic heterocycles. The molecule has 1 atom stereocenters. The fourth-order valence-corrected chi connectivity index (χ4v) is 8.98. The monoisotopic (exact) mass is 1170 g/mol. The minimum Gasteiger partial charge on any atom is -0.504 e. The summed E-state index contributed by atoms with van der Waals surface area (Å²) in [4.78, 5) is 127. The first-order valence-electron chi connectivity index (χ1n) is 25.9. The zero-order valence-corrected chi connectivity index (χ0v) is 47.2. The number of aliphatic hydroxyl groups is 1. The van der Waals surface area contributed by atoms with Crippen molar-refractivity contribution >= 4 is 93.1 Å². The van der Waals surface area contributed by atoms with Crippen LogP contribution in [0.25, 0.3) is 0 Å². The number of aliphatic hydroxyl groups excluding tert-OH is 1. The minimum atomic E-state index is -1.15. The molecule has 8 aromatic heterocycles. The highest BCUT2D eigenvalue weighted by Crippen LogP contribution is 2.33. The van der Waals surface area contributed by atoms with Gasteiger partial charge in [0, 0.05) is 132 Å². The zero-order chi connectivity index (χ0) is 61.7. The van der Waals surface area contributed by atoms with Crippen LogP contribution in [-0.2, 0) is 61.2 Å². The highest BCUT2D eigenvalue weighted by molar-refractivity contribution is 6.12. The van der Waals surface area contributed by atoms with E-state index in [1.54, 1.807) is 47.6 Å². The van der Waals surface area contributed by atoms with Crippen molar-refractivity contribution in [3.05, 3.63) is 126 Å². The second-order valence-electron chi connectivity index (χ2n) is 19.7. The fraction of sp³-hybridized carbons (Fsp3) is 0.264. The van der Waals surface area contributed by atoms with Gasteiger partial charge < -0.3 is 105 Å². The first-order chi connectivity index (χ1) is 40.3. The van der Waals surface area contributed by atoms with Gasteiger partial charge in [0.15, 0.2) is 34.5 Å². The third-order valence-electron chi connectivity index (χ3n) is 13.3. The number of hydrogen-bond donors (Lipinski definition) is 13. The third-order valence-corrected chi connectivity index (χ3v) is 13.3. The summed E-state index contributed by atoms with van der Waals surface area (Å²) in [6.07, 6.45) is 13.4. The lowest BCUT2D eigenvalue weighted by molar-refractivity contribution is -0.117. The van der Waals surface area contributed by atoms with Crippen LogP contribution < -0.4 is 53.6 Å². The molecule has 8 rings (SSSR count). The van der Waals surface area contributed by atoms with Gasteiger partial charge in [-0.2, -0.15) is 0 Å². The summed E-state index contributed by atoms with van der Waals surface area (Å²) in [5.74, 6) is -6.91. The second kappa shape index (κ2) is 24.9. The number of aryl methyl sites for hydroxylation is 8. The van der Waals surface area contributed by atoms with E-state index < -0.39 is 64.8 Å². The predicted octanol–water partition coefficient (Wildman–Crippen LogP) is 1.31. The van der Waals surface area contributed by atoms with Crippen molar-refractivity contribution in [2.24, 2.45) is 62.1 Å². The lowest BCUT2D eigenvalue weighted by Gasteiger charge is -2.12. The Morgan fingerprint density at radius 2 is 0.882 bits per heavy atom. The van der Waals surface area contributed by atoms with Crippen molar-refractivity contribution in [1.82, 2.24) is 57.1 Å². The van der Waals surface area contributed by atoms with Crippen molar-refractivity contribution in [3.8, 4) is 11.5 Å². The lowest BCUT2D eigenvalue weighted by atomic mass is 10.2. The Morgan fingerprint density at radius 1 is 0.471 bits per heavy atom. The number of aromatic nitrogens is 10. The number of amides is 9. The fourth-order valence-electron chi connectivity index (χ4n) is 8.98. The van der Waals surface area contributed by atoms with Crippen molar-refractivity contribution in [1.29, 1.82) is 0 Å². The van der Waals surface area contributed by atoms with Gasteiger partial charge in [-0.05, 0) is 37.1 Å². The predicted molar refractivity (Wildman–Crippen MR) is 308 cm³/mol. The van der Waals surface area contributed by atoms with Crippen LogP contribution in [0.2, 0.25) is 0 Å². The number of anilines is 7. The summed E-state index contributed by atoms with van der Waals surface area (Å²) in [5.41, 5.74) is 7.30. The summed E-state index contributed by atoms with van der Waals surface area (Å²) in [5, 5.41) is 54.7. The number of hydrogen-bond acceptors (Lipinski definition) is 15. The van der Waals surface area contributed by atoms with Crippen LogP contribution in [-0.4, -0.2) is 141 Å². The van der Waals surface area contributed by atoms with Gasteiger partial charge in [-0.1, -0.05) is 0 Å². The molecule has 32 heteroatoms. The Balaban J connectivity index is 0.789. The lowest BCUT2D eigenvalue weighted by Crippen LogP contribution is -2.39. The largest absolute Gasteiger partial charge is 0.504 e. The molecule has 85 heavy (non-hydrogen) atoms. The summed E-state index contributed by atoms with van der Waals surface area (Å²) < 4.78 is 11.3. The molecule has 8 aromatic rings. The first kappa shape index (κ1) is 60.0. The van der Waals surface area contributed by atoms with Crippen LogP contribution in [0.3, 0.4) is 0 Å². The zero-order valence-electron chi connectivity index (χ0n) is 47.2. The Hall–Kier alpha value is -11.2. The molecule has 0 saturated carbocycles. The van der Waals surface area contributed by atoms with Crippen molar-refractivity contribution < 1.29 is 58.5 Å². The standard InChI is InChI=1S/C53H62N20O12/c1-66-14-13-55-43(66)52(84)62-32-24-71(6)39(41(32)75)50(82)60-29-18-37(70(5)22-29)49(81)59-28-17-35(68(3)21-28)47(79)57-12-10-31(54)45(77)65-38-26-73(8)44(64-38)53(85)63-33-25-72(7)40(42(33)76)51(83)61-30-19-36(69(4)23-30)48(80)58-27-16-34(67(2)20-27)46(78)56-11-9-15-74/h13-14,16-26,31,74-76H,9-12,15,54H2,1-8H3,(H,56,78)(H,57,79)(H,58,80)(H,59,81)(H,60,82)(H,61,83)(H,62,84)(H,63,85)(H,65,77). The molecule has 0 aliphatic rings.